The van der Waals surface area contributed by atoms with Gasteiger partial charge in [-0.15, -0.1) is 10.2 Å². The Kier molecular flexibility index (Phi) is 5.40. The van der Waals surface area contributed by atoms with Gasteiger partial charge in [0.1, 0.15) is 5.01 Å². The zero-order valence-corrected chi connectivity index (χ0v) is 16.5. The fourth-order valence-electron chi connectivity index (χ4n) is 3.52. The van der Waals surface area contributed by atoms with E-state index in [0.29, 0.717) is 6.04 Å². The molecule has 4 rings (SSSR count). The predicted octanol–water partition coefficient (Wildman–Crippen LogP) is 4.28. The highest BCUT2D eigenvalue weighted by atomic mass is 32.1. The van der Waals surface area contributed by atoms with Crippen molar-refractivity contribution in [1.29, 1.82) is 0 Å². The Morgan fingerprint density at radius 2 is 2.11 bits per heavy atom. The summed E-state index contributed by atoms with van der Waals surface area (Å²) >= 11 is 1.56. The molecule has 0 saturated carbocycles. The summed E-state index contributed by atoms with van der Waals surface area (Å²) in [7, 11) is 0. The van der Waals surface area contributed by atoms with Crippen molar-refractivity contribution in [3.8, 4) is 0 Å². The number of hydrogen-bond acceptors (Lipinski definition) is 7. The first-order valence-corrected chi connectivity index (χ1v) is 10.2. The van der Waals surface area contributed by atoms with Crippen molar-refractivity contribution in [2.75, 3.05) is 11.9 Å². The van der Waals surface area contributed by atoms with Crippen LogP contribution in [-0.2, 0) is 13.0 Å². The van der Waals surface area contributed by atoms with Crippen molar-refractivity contribution in [3.05, 3.63) is 58.5 Å². The second kappa shape index (κ2) is 8.10. The Morgan fingerprint density at radius 1 is 1.22 bits per heavy atom. The van der Waals surface area contributed by atoms with Gasteiger partial charge in [0.05, 0.1) is 24.1 Å². The Balaban J connectivity index is 1.51. The van der Waals surface area contributed by atoms with E-state index < -0.39 is 0 Å². The predicted molar refractivity (Wildman–Crippen MR) is 108 cm³/mol. The second-order valence-electron chi connectivity index (χ2n) is 6.86. The number of nitrogens with one attached hydrogen (secondary N) is 1. The van der Waals surface area contributed by atoms with Crippen LogP contribution in [0.25, 0.3) is 0 Å². The number of hydrogen-bond donors (Lipinski definition) is 1. The molecule has 1 aliphatic heterocycles. The molecule has 1 saturated heterocycles. The molecule has 27 heavy (non-hydrogen) atoms. The van der Waals surface area contributed by atoms with Crippen molar-refractivity contribution in [1.82, 2.24) is 25.1 Å². The SMILES string of the molecule is CCc1nnc(Nc2cncc(C3CCCN3Cc3ccccc3C)n2)s1. The Labute approximate surface area is 163 Å². The lowest BCUT2D eigenvalue weighted by Gasteiger charge is -2.24. The summed E-state index contributed by atoms with van der Waals surface area (Å²) in [5.41, 5.74) is 3.74. The third kappa shape index (κ3) is 4.14. The molecule has 7 heteroatoms. The summed E-state index contributed by atoms with van der Waals surface area (Å²) in [5, 5.41) is 13.3. The van der Waals surface area contributed by atoms with Crippen LogP contribution in [-0.4, -0.2) is 31.6 Å². The summed E-state index contributed by atoms with van der Waals surface area (Å²) in [6.45, 7) is 6.30. The normalized spacial score (nSPS) is 17.3. The van der Waals surface area contributed by atoms with Crippen molar-refractivity contribution < 1.29 is 0 Å². The molecule has 1 fully saturated rings. The molecule has 0 amide bonds. The van der Waals surface area contributed by atoms with Gasteiger partial charge in [-0.3, -0.25) is 9.88 Å². The highest BCUT2D eigenvalue weighted by Gasteiger charge is 2.28. The molecule has 0 radical (unpaired) electrons. The molecule has 140 valence electrons. The van der Waals surface area contributed by atoms with Crippen LogP contribution in [0.4, 0.5) is 10.9 Å². The molecule has 2 aromatic heterocycles. The number of likely N-dealkylation sites (tertiary alicyclic amines) is 1. The summed E-state index contributed by atoms with van der Waals surface area (Å²) in [5.74, 6) is 0.731. The molecule has 1 aromatic carbocycles. The van der Waals surface area contributed by atoms with Crippen molar-refractivity contribution >= 4 is 22.3 Å². The van der Waals surface area contributed by atoms with Gasteiger partial charge >= 0.3 is 0 Å². The largest absolute Gasteiger partial charge is 0.313 e. The van der Waals surface area contributed by atoms with E-state index in [1.165, 1.54) is 17.5 Å². The maximum absolute atomic E-state index is 4.82. The van der Waals surface area contributed by atoms with E-state index in [9.17, 15) is 0 Å². The first-order valence-electron chi connectivity index (χ1n) is 9.43. The Morgan fingerprint density at radius 3 is 2.93 bits per heavy atom. The van der Waals surface area contributed by atoms with E-state index in [-0.39, 0.29) is 0 Å². The molecule has 1 atom stereocenters. The maximum atomic E-state index is 4.82. The van der Waals surface area contributed by atoms with Gasteiger partial charge in [-0.25, -0.2) is 4.98 Å². The third-order valence-corrected chi connectivity index (χ3v) is 5.98. The quantitative estimate of drug-likeness (QED) is 0.688. The zero-order valence-electron chi connectivity index (χ0n) is 15.7. The summed E-state index contributed by atoms with van der Waals surface area (Å²) in [6.07, 6.45) is 6.83. The standard InChI is InChI=1S/C20H24N6S/c1-3-19-24-25-20(27-19)23-18-12-21-11-16(22-18)17-9-6-10-26(17)13-15-8-5-4-7-14(15)2/h4-5,7-8,11-12,17H,3,6,9-10,13H2,1-2H3,(H,22,23,25). The van der Waals surface area contributed by atoms with E-state index in [4.69, 9.17) is 4.98 Å². The van der Waals surface area contributed by atoms with Crippen LogP contribution in [0, 0.1) is 6.92 Å². The fraction of sp³-hybridized carbons (Fsp3) is 0.400. The van der Waals surface area contributed by atoms with Gasteiger partial charge in [-0.1, -0.05) is 42.5 Å². The number of benzene rings is 1. The molecule has 6 nitrogen and oxygen atoms in total. The van der Waals surface area contributed by atoms with Crippen LogP contribution in [0.1, 0.15) is 47.6 Å². The minimum atomic E-state index is 0.305. The van der Waals surface area contributed by atoms with Crippen molar-refractivity contribution in [2.24, 2.45) is 0 Å². The fourth-order valence-corrected chi connectivity index (χ4v) is 4.20. The molecule has 3 aromatic rings. The third-order valence-electron chi connectivity index (χ3n) is 5.00. The Hall–Kier alpha value is -2.38. The molecule has 0 spiro atoms. The summed E-state index contributed by atoms with van der Waals surface area (Å²) < 4.78 is 0. The zero-order chi connectivity index (χ0) is 18.6. The molecular weight excluding hydrogens is 356 g/mol. The van der Waals surface area contributed by atoms with Gasteiger partial charge in [0, 0.05) is 6.54 Å². The number of anilines is 2. The highest BCUT2D eigenvalue weighted by molar-refractivity contribution is 7.15. The second-order valence-corrected chi connectivity index (χ2v) is 7.93. The average molecular weight is 381 g/mol. The average Bonchev–Trinajstić information content (AvgIpc) is 3.33. The lowest BCUT2D eigenvalue weighted by atomic mass is 10.1. The van der Waals surface area contributed by atoms with Crippen molar-refractivity contribution in [3.63, 3.8) is 0 Å². The topological polar surface area (TPSA) is 66.8 Å². The number of nitrogens with zero attached hydrogens (tertiary/aromatic N) is 5. The van der Waals surface area contributed by atoms with E-state index in [1.54, 1.807) is 17.5 Å². The molecule has 1 N–H and O–H groups in total. The van der Waals surface area contributed by atoms with Crippen LogP contribution in [0.2, 0.25) is 0 Å². The van der Waals surface area contributed by atoms with E-state index in [0.717, 1.165) is 47.6 Å². The first-order chi connectivity index (χ1) is 13.2. The maximum Gasteiger partial charge on any atom is 0.211 e. The smallest absolute Gasteiger partial charge is 0.211 e. The minimum Gasteiger partial charge on any atom is -0.313 e. The van der Waals surface area contributed by atoms with E-state index in [1.807, 2.05) is 6.20 Å². The molecule has 0 aliphatic carbocycles. The van der Waals surface area contributed by atoms with Gasteiger partial charge < -0.3 is 5.32 Å². The van der Waals surface area contributed by atoms with Gasteiger partial charge in [0.15, 0.2) is 5.82 Å². The monoisotopic (exact) mass is 380 g/mol. The lowest BCUT2D eigenvalue weighted by Crippen LogP contribution is -2.24. The number of rotatable bonds is 6. The van der Waals surface area contributed by atoms with Crippen LogP contribution < -0.4 is 5.32 Å². The van der Waals surface area contributed by atoms with E-state index >= 15 is 0 Å². The van der Waals surface area contributed by atoms with Crippen LogP contribution >= 0.6 is 11.3 Å². The van der Waals surface area contributed by atoms with Crippen LogP contribution in [0.3, 0.4) is 0 Å². The van der Waals surface area contributed by atoms with E-state index in [2.05, 4.69) is 63.5 Å². The summed E-state index contributed by atoms with van der Waals surface area (Å²) in [4.78, 5) is 11.7. The summed E-state index contributed by atoms with van der Waals surface area (Å²) in [6, 6.07) is 8.91. The highest BCUT2D eigenvalue weighted by Crippen LogP contribution is 2.33. The van der Waals surface area contributed by atoms with Gasteiger partial charge in [0.2, 0.25) is 5.13 Å². The molecule has 1 aliphatic rings. The van der Waals surface area contributed by atoms with Crippen molar-refractivity contribution in [2.45, 2.75) is 45.7 Å². The van der Waals surface area contributed by atoms with Gasteiger partial charge in [0.25, 0.3) is 0 Å². The molecule has 3 heterocycles. The first kappa shape index (κ1) is 18.0. The molecule has 0 bridgehead atoms. The van der Waals surface area contributed by atoms with Gasteiger partial charge in [-0.2, -0.15) is 0 Å². The van der Waals surface area contributed by atoms with Crippen LogP contribution in [0.5, 0.6) is 0 Å². The number of aromatic nitrogens is 4. The lowest BCUT2D eigenvalue weighted by molar-refractivity contribution is 0.243. The van der Waals surface area contributed by atoms with Gasteiger partial charge in [-0.05, 0) is 43.9 Å². The molecule has 1 unspecified atom stereocenters. The van der Waals surface area contributed by atoms with Crippen LogP contribution in [0.15, 0.2) is 36.7 Å². The Bertz CT molecular complexity index is 909. The minimum absolute atomic E-state index is 0.305. The molecular formula is C20H24N6S. The number of aryl methyl sites for hydroxylation is 2.